The molecule has 4 nitrogen and oxygen atoms in total. The largest absolute Gasteiger partial charge is 0.342 e. The van der Waals surface area contributed by atoms with Crippen LogP contribution in [0.5, 0.6) is 0 Å². The highest BCUT2D eigenvalue weighted by Crippen LogP contribution is 2.29. The lowest BCUT2D eigenvalue weighted by atomic mass is 9.84. The van der Waals surface area contributed by atoms with Gasteiger partial charge < -0.3 is 10.2 Å². The number of hydrogen-bond acceptors (Lipinski definition) is 2. The van der Waals surface area contributed by atoms with Crippen molar-refractivity contribution in [1.29, 1.82) is 0 Å². The first kappa shape index (κ1) is 16.0. The predicted molar refractivity (Wildman–Crippen MR) is 85.7 cm³/mol. The van der Waals surface area contributed by atoms with Gasteiger partial charge in [-0.1, -0.05) is 48.8 Å². The van der Waals surface area contributed by atoms with E-state index in [1.54, 1.807) is 4.90 Å². The van der Waals surface area contributed by atoms with Crippen molar-refractivity contribution < 1.29 is 9.59 Å². The molecule has 0 spiro atoms. The van der Waals surface area contributed by atoms with Crippen LogP contribution in [0.2, 0.25) is 0 Å². The van der Waals surface area contributed by atoms with Gasteiger partial charge in [-0.25, -0.2) is 0 Å². The van der Waals surface area contributed by atoms with Gasteiger partial charge in [0.2, 0.25) is 11.8 Å². The van der Waals surface area contributed by atoms with E-state index >= 15 is 0 Å². The Balaban J connectivity index is 2.29. The van der Waals surface area contributed by atoms with E-state index in [4.69, 9.17) is 0 Å². The molecule has 1 aliphatic heterocycles. The summed E-state index contributed by atoms with van der Waals surface area (Å²) in [5, 5.41) is 2.81. The maximum atomic E-state index is 12.7. The number of halogens is 1. The number of nitrogens with zero attached hydrogens (tertiary/aromatic N) is 1. The molecule has 2 amide bonds. The molecule has 0 aromatic heterocycles. The Hall–Kier alpha value is -1.36. The van der Waals surface area contributed by atoms with Crippen molar-refractivity contribution in [3.05, 3.63) is 34.3 Å². The number of hydrogen-bond donors (Lipinski definition) is 1. The molecule has 1 aromatic rings. The van der Waals surface area contributed by atoms with Crippen molar-refractivity contribution in [3.8, 4) is 0 Å². The van der Waals surface area contributed by atoms with Crippen molar-refractivity contribution in [2.75, 3.05) is 6.54 Å². The summed E-state index contributed by atoms with van der Waals surface area (Å²) in [4.78, 5) is 26.3. The first-order valence-electron chi connectivity index (χ1n) is 7.05. The molecule has 0 bridgehead atoms. The second-order valence-electron chi connectivity index (χ2n) is 6.56. The van der Waals surface area contributed by atoms with Gasteiger partial charge in [0.1, 0.15) is 12.6 Å². The van der Waals surface area contributed by atoms with Crippen molar-refractivity contribution in [2.24, 2.45) is 5.41 Å². The van der Waals surface area contributed by atoms with Crippen LogP contribution in [0.25, 0.3) is 0 Å². The van der Waals surface area contributed by atoms with E-state index in [-0.39, 0.29) is 29.8 Å². The molecule has 1 heterocycles. The highest BCUT2D eigenvalue weighted by atomic mass is 79.9. The van der Waals surface area contributed by atoms with Crippen LogP contribution >= 0.6 is 15.9 Å². The number of piperazine rings is 1. The van der Waals surface area contributed by atoms with Crippen LogP contribution in [0.15, 0.2) is 28.7 Å². The quantitative estimate of drug-likeness (QED) is 0.889. The highest BCUT2D eigenvalue weighted by molar-refractivity contribution is 9.10. The number of amides is 2. The van der Waals surface area contributed by atoms with Gasteiger partial charge in [0, 0.05) is 4.47 Å². The number of nitrogens with one attached hydrogen (secondary N) is 1. The summed E-state index contributed by atoms with van der Waals surface area (Å²) in [5.74, 6) is -0.119. The summed E-state index contributed by atoms with van der Waals surface area (Å²) in [7, 11) is 0. The zero-order valence-corrected chi connectivity index (χ0v) is 14.4. The van der Waals surface area contributed by atoms with Crippen LogP contribution in [-0.2, 0) is 9.59 Å². The predicted octanol–water partition coefficient (Wildman–Crippen LogP) is 2.88. The van der Waals surface area contributed by atoms with Crippen LogP contribution in [0.3, 0.4) is 0 Å². The van der Waals surface area contributed by atoms with Gasteiger partial charge in [-0.2, -0.15) is 0 Å². The van der Waals surface area contributed by atoms with Gasteiger partial charge in [-0.3, -0.25) is 9.59 Å². The summed E-state index contributed by atoms with van der Waals surface area (Å²) in [5.41, 5.74) is 0.711. The average Bonchev–Trinajstić information content (AvgIpc) is 2.39. The lowest BCUT2D eigenvalue weighted by Gasteiger charge is -2.41. The first-order chi connectivity index (χ1) is 9.70. The van der Waals surface area contributed by atoms with Crippen LogP contribution in [0.4, 0.5) is 0 Å². The Morgan fingerprint density at radius 2 is 2.00 bits per heavy atom. The zero-order chi connectivity index (χ0) is 15.8. The summed E-state index contributed by atoms with van der Waals surface area (Å²) in [6.07, 6.45) is 0. The van der Waals surface area contributed by atoms with Gasteiger partial charge in [0.25, 0.3) is 0 Å². The molecule has 1 N–H and O–H groups in total. The van der Waals surface area contributed by atoms with Crippen LogP contribution in [0.1, 0.15) is 39.3 Å². The molecule has 2 rings (SSSR count). The molecule has 2 atom stereocenters. The topological polar surface area (TPSA) is 49.4 Å². The van der Waals surface area contributed by atoms with Crippen molar-refractivity contribution in [1.82, 2.24) is 10.2 Å². The molecule has 1 saturated heterocycles. The minimum Gasteiger partial charge on any atom is -0.342 e. The molecule has 0 radical (unpaired) electrons. The van der Waals surface area contributed by atoms with E-state index in [0.717, 1.165) is 10.0 Å². The zero-order valence-electron chi connectivity index (χ0n) is 12.8. The summed E-state index contributed by atoms with van der Waals surface area (Å²) in [6, 6.07) is 7.22. The molecule has 1 aliphatic rings. The highest BCUT2D eigenvalue weighted by Gasteiger charge is 2.41. The smallest absolute Gasteiger partial charge is 0.246 e. The molecular formula is C16H21BrN2O2. The van der Waals surface area contributed by atoms with Gasteiger partial charge in [0.15, 0.2) is 0 Å². The van der Waals surface area contributed by atoms with Crippen molar-refractivity contribution >= 4 is 27.7 Å². The van der Waals surface area contributed by atoms with Crippen LogP contribution < -0.4 is 5.32 Å². The standard InChI is InChI=1S/C16H21BrN2O2/c1-10(11-6-5-7-12(17)8-11)19-9-13(20)18-14(15(19)21)16(2,3)4/h5-8,10,14H,9H2,1-4H3,(H,18,20). The minimum absolute atomic E-state index is 0.0189. The number of rotatable bonds is 2. The van der Waals surface area contributed by atoms with E-state index in [0.29, 0.717) is 0 Å². The summed E-state index contributed by atoms with van der Waals surface area (Å²) >= 11 is 3.44. The van der Waals surface area contributed by atoms with E-state index in [1.807, 2.05) is 52.0 Å². The maximum Gasteiger partial charge on any atom is 0.246 e. The fourth-order valence-corrected chi connectivity index (χ4v) is 2.94. The van der Waals surface area contributed by atoms with Crippen LogP contribution in [0, 0.1) is 5.41 Å². The number of carbonyl (C=O) groups excluding carboxylic acids is 2. The van der Waals surface area contributed by atoms with Gasteiger partial charge in [-0.15, -0.1) is 0 Å². The molecule has 2 unspecified atom stereocenters. The van der Waals surface area contributed by atoms with Gasteiger partial charge in [-0.05, 0) is 30.0 Å². The average molecular weight is 353 g/mol. The monoisotopic (exact) mass is 352 g/mol. The number of carbonyl (C=O) groups is 2. The lowest BCUT2D eigenvalue weighted by molar-refractivity contribution is -0.149. The number of benzene rings is 1. The third kappa shape index (κ3) is 3.46. The minimum atomic E-state index is -0.478. The summed E-state index contributed by atoms with van der Waals surface area (Å²) < 4.78 is 0.966. The second-order valence-corrected chi connectivity index (χ2v) is 7.48. The van der Waals surface area contributed by atoms with E-state index in [2.05, 4.69) is 21.2 Å². The molecular weight excluding hydrogens is 332 g/mol. The Morgan fingerprint density at radius 3 is 2.57 bits per heavy atom. The van der Waals surface area contributed by atoms with E-state index in [9.17, 15) is 9.59 Å². The maximum absolute atomic E-state index is 12.7. The fourth-order valence-electron chi connectivity index (χ4n) is 2.53. The van der Waals surface area contributed by atoms with E-state index in [1.165, 1.54) is 0 Å². The molecule has 1 fully saturated rings. The van der Waals surface area contributed by atoms with Gasteiger partial charge >= 0.3 is 0 Å². The second kappa shape index (κ2) is 5.79. The van der Waals surface area contributed by atoms with Crippen LogP contribution in [-0.4, -0.2) is 29.3 Å². The molecule has 5 heteroatoms. The summed E-state index contributed by atoms with van der Waals surface area (Å²) in [6.45, 7) is 7.95. The third-order valence-electron chi connectivity index (χ3n) is 3.81. The molecule has 114 valence electrons. The SMILES string of the molecule is CC(c1cccc(Br)c1)N1CC(=O)NC(C(C)(C)C)C1=O. The molecule has 21 heavy (non-hydrogen) atoms. The normalized spacial score (nSPS) is 21.2. The Bertz CT molecular complexity index is 566. The van der Waals surface area contributed by atoms with E-state index < -0.39 is 6.04 Å². The Morgan fingerprint density at radius 1 is 1.33 bits per heavy atom. The molecule has 0 aliphatic carbocycles. The van der Waals surface area contributed by atoms with Gasteiger partial charge in [0.05, 0.1) is 6.04 Å². The Kier molecular flexibility index (Phi) is 4.42. The fraction of sp³-hybridized carbons (Fsp3) is 0.500. The molecule has 1 aromatic carbocycles. The Labute approximate surface area is 134 Å². The third-order valence-corrected chi connectivity index (χ3v) is 4.31. The van der Waals surface area contributed by atoms with Crippen molar-refractivity contribution in [3.63, 3.8) is 0 Å². The first-order valence-corrected chi connectivity index (χ1v) is 7.85. The molecule has 0 saturated carbocycles. The van der Waals surface area contributed by atoms with Crippen molar-refractivity contribution in [2.45, 2.75) is 39.8 Å². The lowest BCUT2D eigenvalue weighted by Crippen LogP contribution is -2.62.